The van der Waals surface area contributed by atoms with Gasteiger partial charge in [0.25, 0.3) is 0 Å². The molecule has 0 bridgehead atoms. The number of likely N-dealkylation sites (tertiary alicyclic amines) is 3. The minimum atomic E-state index is 0.323. The minimum absolute atomic E-state index is 0.323. The van der Waals surface area contributed by atoms with Crippen molar-refractivity contribution >= 4 is 11.8 Å². The van der Waals surface area contributed by atoms with Gasteiger partial charge in [0.1, 0.15) is 0 Å². The van der Waals surface area contributed by atoms with E-state index in [1.165, 1.54) is 148 Å². The summed E-state index contributed by atoms with van der Waals surface area (Å²) in [5.74, 6) is 2.63. The highest BCUT2D eigenvalue weighted by Crippen LogP contribution is 2.22. The van der Waals surface area contributed by atoms with Crippen molar-refractivity contribution in [1.29, 1.82) is 0 Å². The van der Waals surface area contributed by atoms with Crippen LogP contribution in [0.1, 0.15) is 162 Å². The number of morpholine rings is 1. The molecule has 8 nitrogen and oxygen atoms in total. The average Bonchev–Trinajstić information content (AvgIpc) is 3.57. The van der Waals surface area contributed by atoms with Gasteiger partial charge in [-0.2, -0.15) is 11.8 Å². The maximum atomic E-state index is 5.25. The van der Waals surface area contributed by atoms with Crippen LogP contribution in [0.2, 0.25) is 0 Å². The van der Waals surface area contributed by atoms with Crippen molar-refractivity contribution in [1.82, 2.24) is 34.3 Å². The zero-order chi connectivity index (χ0) is 44.0. The monoisotopic (exact) mass is 840 g/mol. The van der Waals surface area contributed by atoms with E-state index in [0.29, 0.717) is 27.7 Å². The van der Waals surface area contributed by atoms with Gasteiger partial charge in [0.2, 0.25) is 0 Å². The Balaban J connectivity index is 0.000000349. The van der Waals surface area contributed by atoms with Gasteiger partial charge in [-0.3, -0.25) is 24.5 Å². The number of hydrogen-bond donors (Lipinski definition) is 0. The molecule has 6 fully saturated rings. The second-order valence-electron chi connectivity index (χ2n) is 22.8. The molecule has 6 rings (SSSR count). The van der Waals surface area contributed by atoms with Crippen molar-refractivity contribution in [2.75, 3.05) is 130 Å². The summed E-state index contributed by atoms with van der Waals surface area (Å²) >= 11 is 2.07. The number of rotatable bonds is 0. The lowest BCUT2D eigenvalue weighted by Gasteiger charge is -2.38. The van der Waals surface area contributed by atoms with E-state index in [4.69, 9.17) is 4.74 Å². The van der Waals surface area contributed by atoms with Crippen LogP contribution in [0.3, 0.4) is 0 Å². The smallest absolute Gasteiger partial charge is 0.0594 e. The van der Waals surface area contributed by atoms with E-state index in [-0.39, 0.29) is 0 Å². The standard InChI is InChI=1S/C10H21N.C9H19N.C8H17NO.C8H17NS.C8H17N.C6H14N2/c1-10(2,3)11-8-6-4-5-7-9-11;1-9(2,3)10-7-5-4-6-8-10;2*1-8(2,3)9-4-6-10-7-5-9;1-8(2,3)9-6-4-5-7-9;1-7-3-5-8(2)6-4-7/h4-9H2,1-3H3;4-8H2,1-3H3;2*4-7H2,1-3H3;4-7H2,1-3H3;3-6H2,1-2H3. The highest BCUT2D eigenvalue weighted by atomic mass is 32.2. The first-order valence-electron chi connectivity index (χ1n) is 24.1. The highest BCUT2D eigenvalue weighted by molar-refractivity contribution is 7.99. The van der Waals surface area contributed by atoms with Gasteiger partial charge < -0.3 is 14.5 Å². The summed E-state index contributed by atoms with van der Waals surface area (Å²) in [4.78, 5) is 17.5. The number of piperazine rings is 1. The molecule has 0 aromatic carbocycles. The topological polar surface area (TPSA) is 31.9 Å². The molecular formula is C49H105N7OS. The number of nitrogens with zero attached hydrogens (tertiary/aromatic N) is 7. The summed E-state index contributed by atoms with van der Waals surface area (Å²) in [6, 6.07) is 0. The van der Waals surface area contributed by atoms with Crippen LogP contribution >= 0.6 is 11.8 Å². The Hall–Kier alpha value is 0.0300. The maximum absolute atomic E-state index is 5.25. The molecule has 0 N–H and O–H groups in total. The second-order valence-corrected chi connectivity index (χ2v) is 24.0. The lowest BCUT2D eigenvalue weighted by molar-refractivity contribution is -0.00389. The Morgan fingerprint density at radius 2 is 0.517 bits per heavy atom. The van der Waals surface area contributed by atoms with E-state index in [0.717, 1.165) is 26.3 Å². The Morgan fingerprint density at radius 3 is 0.759 bits per heavy atom. The van der Waals surface area contributed by atoms with Crippen molar-refractivity contribution in [3.8, 4) is 0 Å². The van der Waals surface area contributed by atoms with Crippen molar-refractivity contribution in [3.05, 3.63) is 0 Å². The van der Waals surface area contributed by atoms with Crippen LogP contribution in [0.15, 0.2) is 0 Å². The number of likely N-dealkylation sites (N-methyl/N-ethyl adjacent to an activating group) is 2. The molecule has 0 spiro atoms. The van der Waals surface area contributed by atoms with E-state index in [9.17, 15) is 0 Å². The maximum Gasteiger partial charge on any atom is 0.0594 e. The molecule has 348 valence electrons. The molecule has 6 aliphatic rings. The largest absolute Gasteiger partial charge is 0.379 e. The Bertz CT molecular complexity index is 892. The molecule has 0 unspecified atom stereocenters. The van der Waals surface area contributed by atoms with Crippen LogP contribution in [-0.2, 0) is 4.74 Å². The molecule has 0 aromatic heterocycles. The number of piperidine rings is 1. The molecule has 0 atom stereocenters. The van der Waals surface area contributed by atoms with E-state index in [2.05, 4.69) is 164 Å². The molecular weight excluding hydrogens is 735 g/mol. The summed E-state index contributed by atoms with van der Waals surface area (Å²) in [5.41, 5.74) is 1.92. The first-order valence-corrected chi connectivity index (χ1v) is 25.2. The zero-order valence-corrected chi connectivity index (χ0v) is 43.4. The molecule has 6 heterocycles. The molecule has 6 aliphatic heterocycles. The molecule has 0 amide bonds. The van der Waals surface area contributed by atoms with Gasteiger partial charge >= 0.3 is 0 Å². The quantitative estimate of drug-likeness (QED) is 0.237. The third-order valence-corrected chi connectivity index (χ3v) is 13.5. The first-order chi connectivity index (χ1) is 26.8. The molecule has 6 saturated heterocycles. The average molecular weight is 840 g/mol. The van der Waals surface area contributed by atoms with Gasteiger partial charge in [-0.25, -0.2) is 0 Å². The first kappa shape index (κ1) is 56.0. The third kappa shape index (κ3) is 26.5. The van der Waals surface area contributed by atoms with Crippen molar-refractivity contribution in [2.24, 2.45) is 0 Å². The van der Waals surface area contributed by atoms with Gasteiger partial charge in [-0.15, -0.1) is 0 Å². The number of thioether (sulfide) groups is 1. The van der Waals surface area contributed by atoms with E-state index < -0.39 is 0 Å². The van der Waals surface area contributed by atoms with Crippen LogP contribution in [0.5, 0.6) is 0 Å². The number of ether oxygens (including phenoxy) is 1. The van der Waals surface area contributed by atoms with E-state index in [1.807, 2.05) is 0 Å². The Kier molecular flexibility index (Phi) is 27.0. The molecule has 58 heavy (non-hydrogen) atoms. The Morgan fingerprint density at radius 1 is 0.293 bits per heavy atom. The fourth-order valence-corrected chi connectivity index (χ4v) is 8.97. The highest BCUT2D eigenvalue weighted by Gasteiger charge is 2.26. The predicted octanol–water partition coefficient (Wildman–Crippen LogP) is 9.63. The fourth-order valence-electron chi connectivity index (χ4n) is 8.07. The second kappa shape index (κ2) is 28.0. The summed E-state index contributed by atoms with van der Waals surface area (Å²) in [6.07, 6.45) is 12.7. The van der Waals surface area contributed by atoms with E-state index >= 15 is 0 Å². The van der Waals surface area contributed by atoms with Gasteiger partial charge in [-0.1, -0.05) is 19.3 Å². The van der Waals surface area contributed by atoms with Crippen LogP contribution < -0.4 is 0 Å². The number of hydrogen-bond acceptors (Lipinski definition) is 9. The van der Waals surface area contributed by atoms with Crippen molar-refractivity contribution in [3.63, 3.8) is 0 Å². The third-order valence-electron chi connectivity index (χ3n) is 12.6. The molecule has 0 aromatic rings. The van der Waals surface area contributed by atoms with Gasteiger partial charge in [0.05, 0.1) is 13.2 Å². The summed E-state index contributed by atoms with van der Waals surface area (Å²) in [7, 11) is 4.35. The normalized spacial score (nSPS) is 23.5. The zero-order valence-electron chi connectivity index (χ0n) is 42.5. The van der Waals surface area contributed by atoms with Crippen LogP contribution in [0.4, 0.5) is 0 Å². The predicted molar refractivity (Wildman–Crippen MR) is 261 cm³/mol. The molecule has 0 saturated carbocycles. The van der Waals surface area contributed by atoms with E-state index in [1.54, 1.807) is 0 Å². The van der Waals surface area contributed by atoms with Gasteiger partial charge in [0.15, 0.2) is 0 Å². The van der Waals surface area contributed by atoms with Gasteiger partial charge in [-0.05, 0) is 196 Å². The Labute approximate surface area is 369 Å². The molecule has 0 aliphatic carbocycles. The lowest BCUT2D eigenvalue weighted by atomic mass is 10.0. The van der Waals surface area contributed by atoms with Crippen molar-refractivity contribution < 1.29 is 4.74 Å². The summed E-state index contributed by atoms with van der Waals surface area (Å²) < 4.78 is 5.25. The molecule has 0 radical (unpaired) electrons. The molecule has 9 heteroatoms. The van der Waals surface area contributed by atoms with Crippen LogP contribution in [-0.4, -0.2) is 192 Å². The lowest BCUT2D eigenvalue weighted by Crippen LogP contribution is -2.47. The van der Waals surface area contributed by atoms with Crippen molar-refractivity contribution in [2.45, 2.75) is 189 Å². The minimum Gasteiger partial charge on any atom is -0.379 e. The summed E-state index contributed by atoms with van der Waals surface area (Å²) in [6.45, 7) is 53.7. The van der Waals surface area contributed by atoms with Gasteiger partial charge in [0, 0.05) is 91.6 Å². The summed E-state index contributed by atoms with van der Waals surface area (Å²) in [5, 5.41) is 0. The van der Waals surface area contributed by atoms with Crippen LogP contribution in [0.25, 0.3) is 0 Å². The SMILES string of the molecule is CC(C)(C)N1CCCC1.CC(C)(C)N1CCCCC1.CC(C)(C)N1CCCCCC1.CC(C)(C)N1CCOCC1.CC(C)(C)N1CCSCC1.CN1CCN(C)CC1. The van der Waals surface area contributed by atoms with Crippen LogP contribution in [0, 0.1) is 0 Å². The fraction of sp³-hybridized carbons (Fsp3) is 1.00.